The molecule has 1 unspecified atom stereocenters. The number of pyridine rings is 1. The van der Waals surface area contributed by atoms with Crippen molar-refractivity contribution < 1.29 is 9.90 Å². The molecule has 1 aromatic heterocycles. The molecule has 1 rings (SSSR count). The third kappa shape index (κ3) is 1.81. The highest BCUT2D eigenvalue weighted by atomic mass is 16.3. The van der Waals surface area contributed by atoms with Gasteiger partial charge in [0.1, 0.15) is 0 Å². The normalized spacial score (nSPS) is 14.8. The highest BCUT2D eigenvalue weighted by Gasteiger charge is 2.33. The zero-order valence-corrected chi connectivity index (χ0v) is 8.43. The van der Waals surface area contributed by atoms with Crippen LogP contribution in [0.4, 0.5) is 5.82 Å². The van der Waals surface area contributed by atoms with Crippen LogP contribution in [0.15, 0.2) is 24.4 Å². The smallest absolute Gasteiger partial charge is 0.227 e. The summed E-state index contributed by atoms with van der Waals surface area (Å²) in [5.41, 5.74) is 0. The van der Waals surface area contributed by atoms with E-state index in [9.17, 15) is 9.90 Å². The minimum Gasteiger partial charge on any atom is -0.227 e. The summed E-state index contributed by atoms with van der Waals surface area (Å²) in [5.74, 6) is 0.266. The monoisotopic (exact) mass is 194 g/mol. The number of hydrogen-bond acceptors (Lipinski definition) is 2. The van der Waals surface area contributed by atoms with Crippen LogP contribution in [0, 0.1) is 0 Å². The van der Waals surface area contributed by atoms with Crippen molar-refractivity contribution in [1.29, 1.82) is 0 Å². The van der Waals surface area contributed by atoms with Crippen LogP contribution in [0.2, 0.25) is 0 Å². The Morgan fingerprint density at radius 1 is 1.50 bits per heavy atom. The highest BCUT2D eigenvalue weighted by molar-refractivity contribution is 5.87. The van der Waals surface area contributed by atoms with Crippen LogP contribution in [0.1, 0.15) is 6.92 Å². The van der Waals surface area contributed by atoms with Crippen molar-refractivity contribution in [1.82, 2.24) is 9.47 Å². The maximum Gasteiger partial charge on any atom is 0.348 e. The number of rotatable bonds is 3. The first-order valence-corrected chi connectivity index (χ1v) is 4.53. The van der Waals surface area contributed by atoms with Gasteiger partial charge in [0.25, 0.3) is 0 Å². The predicted octanol–water partition coefficient (Wildman–Crippen LogP) is 0.996. The van der Waals surface area contributed by atoms with Gasteiger partial charge in [-0.3, -0.25) is 0 Å². The molecule has 0 aliphatic carbocycles. The van der Waals surface area contributed by atoms with E-state index in [0.29, 0.717) is 12.4 Å². The molecule has 0 aromatic carbocycles. The maximum absolute atomic E-state index is 11.5. The summed E-state index contributed by atoms with van der Waals surface area (Å²) in [4.78, 5) is 15.6. The highest BCUT2D eigenvalue weighted by Crippen LogP contribution is 2.17. The molecule has 4 heteroatoms. The van der Waals surface area contributed by atoms with Crippen LogP contribution in [0.5, 0.6) is 0 Å². The van der Waals surface area contributed by atoms with Gasteiger partial charge in [0.05, 0.1) is 13.6 Å². The number of quaternary nitrogens is 1. The average Bonchev–Trinajstić information content (AvgIpc) is 2.28. The Labute approximate surface area is 83.4 Å². The van der Waals surface area contributed by atoms with Crippen LogP contribution in [-0.4, -0.2) is 31.1 Å². The molecule has 1 atom stereocenters. The third-order valence-corrected chi connectivity index (χ3v) is 2.46. The van der Waals surface area contributed by atoms with E-state index in [1.165, 1.54) is 0 Å². The van der Waals surface area contributed by atoms with Crippen LogP contribution < -0.4 is 4.48 Å². The lowest BCUT2D eigenvalue weighted by atomic mass is 10.3. The van der Waals surface area contributed by atoms with Gasteiger partial charge in [0, 0.05) is 12.3 Å². The Hall–Kier alpha value is -1.26. The summed E-state index contributed by atoms with van der Waals surface area (Å²) in [6, 6.07) is 5.36. The first-order chi connectivity index (χ1) is 6.65. The Bertz CT molecular complexity index is 313. The van der Waals surface area contributed by atoms with E-state index in [0.717, 1.165) is 0 Å². The topological polar surface area (TPSA) is 49.9 Å². The van der Waals surface area contributed by atoms with E-state index in [2.05, 4.69) is 4.98 Å². The molecule has 1 radical (unpaired) electrons. The van der Waals surface area contributed by atoms with Crippen LogP contribution >= 0.6 is 0 Å². The SMILES string of the molecule is CC[N+](C)(C(=O)C[O])c1ccccn1. The summed E-state index contributed by atoms with van der Waals surface area (Å²) in [6.07, 6.45) is 1.62. The van der Waals surface area contributed by atoms with E-state index in [1.54, 1.807) is 25.4 Å². The van der Waals surface area contributed by atoms with Gasteiger partial charge in [-0.15, -0.1) is 0 Å². The van der Waals surface area contributed by atoms with E-state index < -0.39 is 6.61 Å². The van der Waals surface area contributed by atoms with Crippen molar-refractivity contribution in [2.24, 2.45) is 0 Å². The lowest BCUT2D eigenvalue weighted by molar-refractivity contribution is -0.134. The van der Waals surface area contributed by atoms with E-state index >= 15 is 0 Å². The molecule has 0 aliphatic rings. The van der Waals surface area contributed by atoms with Gasteiger partial charge in [0.2, 0.25) is 5.82 Å². The molecule has 0 saturated carbocycles. The van der Waals surface area contributed by atoms with E-state index in [4.69, 9.17) is 0 Å². The quantitative estimate of drug-likeness (QED) is 0.674. The lowest BCUT2D eigenvalue weighted by Crippen LogP contribution is -2.52. The van der Waals surface area contributed by atoms with E-state index in [1.807, 2.05) is 13.0 Å². The second-order valence-electron chi connectivity index (χ2n) is 3.23. The molecule has 1 heterocycles. The molecule has 14 heavy (non-hydrogen) atoms. The molecule has 1 aromatic rings. The fourth-order valence-electron chi connectivity index (χ4n) is 1.25. The molecule has 0 saturated heterocycles. The fraction of sp³-hybridized carbons (Fsp3) is 0.400. The molecule has 0 aliphatic heterocycles. The van der Waals surface area contributed by atoms with Gasteiger partial charge in [-0.2, -0.15) is 0 Å². The average molecular weight is 194 g/mol. The fourth-order valence-corrected chi connectivity index (χ4v) is 1.25. The van der Waals surface area contributed by atoms with Crippen LogP contribution in [0.3, 0.4) is 0 Å². The van der Waals surface area contributed by atoms with Crippen molar-refractivity contribution in [3.05, 3.63) is 24.4 Å². The number of carbonyl (C=O) groups excluding carboxylic acids is 1. The number of carbonyl (C=O) groups is 1. The maximum atomic E-state index is 11.5. The minimum atomic E-state index is -0.707. The van der Waals surface area contributed by atoms with Gasteiger partial charge < -0.3 is 0 Å². The number of likely N-dealkylation sites (N-methyl/N-ethyl adjacent to an activating group) is 1. The zero-order valence-electron chi connectivity index (χ0n) is 8.43. The van der Waals surface area contributed by atoms with E-state index in [-0.39, 0.29) is 10.4 Å². The summed E-state index contributed by atoms with van der Waals surface area (Å²) < 4.78 is -0.0235. The summed E-state index contributed by atoms with van der Waals surface area (Å²) in [5, 5.41) is 10.6. The first-order valence-electron chi connectivity index (χ1n) is 4.53. The number of hydrogen-bond donors (Lipinski definition) is 0. The summed E-state index contributed by atoms with van der Waals surface area (Å²) >= 11 is 0. The van der Waals surface area contributed by atoms with Crippen molar-refractivity contribution in [2.75, 3.05) is 20.2 Å². The van der Waals surface area contributed by atoms with Crippen molar-refractivity contribution in [2.45, 2.75) is 6.92 Å². The lowest BCUT2D eigenvalue weighted by Gasteiger charge is -2.27. The van der Waals surface area contributed by atoms with Gasteiger partial charge in [-0.1, -0.05) is 6.07 Å². The van der Waals surface area contributed by atoms with Crippen molar-refractivity contribution in [3.8, 4) is 0 Å². The zero-order chi connectivity index (χ0) is 10.6. The Morgan fingerprint density at radius 2 is 2.21 bits per heavy atom. The van der Waals surface area contributed by atoms with Gasteiger partial charge in [0.15, 0.2) is 6.61 Å². The van der Waals surface area contributed by atoms with Crippen LogP contribution in [0.25, 0.3) is 0 Å². The molecule has 1 amide bonds. The van der Waals surface area contributed by atoms with Gasteiger partial charge >= 0.3 is 5.91 Å². The first kappa shape index (κ1) is 10.8. The molecule has 0 bridgehead atoms. The molecule has 75 valence electrons. The molecule has 4 nitrogen and oxygen atoms in total. The number of amides is 1. The second-order valence-corrected chi connectivity index (χ2v) is 3.23. The predicted molar refractivity (Wildman–Crippen MR) is 53.1 cm³/mol. The summed E-state index contributed by atoms with van der Waals surface area (Å²) in [6.45, 7) is 1.70. The largest absolute Gasteiger partial charge is 0.348 e. The Balaban J connectivity index is 3.08. The Morgan fingerprint density at radius 3 is 2.64 bits per heavy atom. The van der Waals surface area contributed by atoms with Gasteiger partial charge in [-0.25, -0.2) is 19.4 Å². The van der Waals surface area contributed by atoms with Crippen molar-refractivity contribution in [3.63, 3.8) is 0 Å². The van der Waals surface area contributed by atoms with Crippen LogP contribution in [-0.2, 0) is 9.90 Å². The summed E-state index contributed by atoms with van der Waals surface area (Å²) in [7, 11) is 1.71. The van der Waals surface area contributed by atoms with Crippen molar-refractivity contribution >= 4 is 11.7 Å². The standard InChI is InChI=1S/C10H14N2O2/c1-3-12(2,10(14)8-13)9-6-4-5-7-11-9/h4-7H,3,8H2,1-2H3/q+1. The van der Waals surface area contributed by atoms with Gasteiger partial charge in [-0.05, 0) is 13.0 Å². The molecular formula is C10H14N2O2+. The molecule has 0 spiro atoms. The Kier molecular flexibility index (Phi) is 3.33. The molecular weight excluding hydrogens is 180 g/mol. The minimum absolute atomic E-state index is 0.0235. The molecule has 0 fully saturated rings. The number of aromatic nitrogens is 1. The second kappa shape index (κ2) is 4.30. The third-order valence-electron chi connectivity index (χ3n) is 2.46. The molecule has 0 N–H and O–H groups in total. The number of nitrogens with zero attached hydrogens (tertiary/aromatic N) is 2.